The fourth-order valence-corrected chi connectivity index (χ4v) is 1.04. The molecule has 0 N–H and O–H groups in total. The van der Waals surface area contributed by atoms with Crippen LogP contribution in [0.4, 0.5) is 0 Å². The molecule has 0 saturated carbocycles. The summed E-state index contributed by atoms with van der Waals surface area (Å²) in [7, 11) is 3.27. The molecule has 0 radical (unpaired) electrons. The minimum absolute atomic E-state index is 0.217. The molecular formula is C8H17BrO4. The molecule has 0 saturated heterocycles. The molecule has 0 aromatic carbocycles. The molecule has 0 aliphatic rings. The van der Waals surface area contributed by atoms with Gasteiger partial charge in [0.1, 0.15) is 0 Å². The van der Waals surface area contributed by atoms with E-state index in [2.05, 4.69) is 15.9 Å². The molecule has 0 aliphatic heterocycles. The highest BCUT2D eigenvalue weighted by atomic mass is 79.9. The first-order valence-electron chi connectivity index (χ1n) is 4.12. The van der Waals surface area contributed by atoms with Crippen LogP contribution in [0.25, 0.3) is 0 Å². The number of hydrogen-bond donors (Lipinski definition) is 0. The van der Waals surface area contributed by atoms with Crippen molar-refractivity contribution in [2.75, 3.05) is 46.0 Å². The van der Waals surface area contributed by atoms with Gasteiger partial charge in [-0.1, -0.05) is 15.9 Å². The summed E-state index contributed by atoms with van der Waals surface area (Å²) in [6.45, 7) is 2.24. The van der Waals surface area contributed by atoms with Crippen molar-refractivity contribution in [3.8, 4) is 0 Å². The Morgan fingerprint density at radius 2 is 1.38 bits per heavy atom. The van der Waals surface area contributed by atoms with Crippen molar-refractivity contribution in [3.63, 3.8) is 0 Å². The highest BCUT2D eigenvalue weighted by Crippen LogP contribution is 1.99. The van der Waals surface area contributed by atoms with Gasteiger partial charge in [-0.25, -0.2) is 0 Å². The second-order valence-electron chi connectivity index (χ2n) is 2.31. The zero-order chi connectivity index (χ0) is 9.94. The normalized spacial score (nSPS) is 11.1. The minimum Gasteiger partial charge on any atom is -0.382 e. The third-order valence-corrected chi connectivity index (χ3v) is 1.84. The molecule has 5 heteroatoms. The molecular weight excluding hydrogens is 240 g/mol. The number of methoxy groups -OCH3 is 2. The van der Waals surface area contributed by atoms with Gasteiger partial charge in [0.05, 0.1) is 31.8 Å². The van der Waals surface area contributed by atoms with Crippen LogP contribution in [0, 0.1) is 0 Å². The molecule has 0 heterocycles. The first kappa shape index (κ1) is 13.3. The third kappa shape index (κ3) is 8.64. The molecule has 0 aromatic heterocycles. The van der Waals surface area contributed by atoms with E-state index >= 15 is 0 Å². The Kier molecular flexibility index (Phi) is 10.7. The van der Waals surface area contributed by atoms with E-state index in [1.807, 2.05) is 0 Å². The van der Waals surface area contributed by atoms with Crippen LogP contribution in [0.1, 0.15) is 0 Å². The molecule has 0 atom stereocenters. The van der Waals surface area contributed by atoms with Crippen molar-refractivity contribution in [2.24, 2.45) is 0 Å². The van der Waals surface area contributed by atoms with Crippen LogP contribution < -0.4 is 0 Å². The Hall–Kier alpha value is 0.320. The predicted octanol–water partition coefficient (Wildman–Crippen LogP) is 1.03. The highest BCUT2D eigenvalue weighted by Gasteiger charge is 2.06. The van der Waals surface area contributed by atoms with Crippen molar-refractivity contribution < 1.29 is 18.9 Å². The van der Waals surface area contributed by atoms with E-state index in [-0.39, 0.29) is 6.29 Å². The van der Waals surface area contributed by atoms with Gasteiger partial charge in [-0.2, -0.15) is 0 Å². The lowest BCUT2D eigenvalue weighted by Gasteiger charge is -2.15. The van der Waals surface area contributed by atoms with E-state index in [0.717, 1.165) is 0 Å². The third-order valence-electron chi connectivity index (χ3n) is 1.31. The molecule has 0 fully saturated rings. The van der Waals surface area contributed by atoms with Crippen LogP contribution in [0.2, 0.25) is 0 Å². The first-order chi connectivity index (χ1) is 6.35. The lowest BCUT2D eigenvalue weighted by atomic mass is 10.7. The van der Waals surface area contributed by atoms with Gasteiger partial charge in [0, 0.05) is 14.2 Å². The van der Waals surface area contributed by atoms with Crippen molar-refractivity contribution in [1.29, 1.82) is 0 Å². The summed E-state index contributed by atoms with van der Waals surface area (Å²) in [4.78, 5) is 0. The maximum atomic E-state index is 5.33. The van der Waals surface area contributed by atoms with E-state index in [9.17, 15) is 0 Å². The molecule has 0 spiro atoms. The van der Waals surface area contributed by atoms with Crippen LogP contribution in [0.3, 0.4) is 0 Å². The maximum Gasteiger partial charge on any atom is 0.167 e. The monoisotopic (exact) mass is 256 g/mol. The summed E-state index contributed by atoms with van der Waals surface area (Å²) in [5.74, 6) is 0. The Morgan fingerprint density at radius 1 is 0.923 bits per heavy atom. The van der Waals surface area contributed by atoms with Gasteiger partial charge in [0.25, 0.3) is 0 Å². The second kappa shape index (κ2) is 10.4. The van der Waals surface area contributed by atoms with E-state index in [0.29, 0.717) is 31.8 Å². The van der Waals surface area contributed by atoms with Crippen molar-refractivity contribution >= 4 is 15.9 Å². The minimum atomic E-state index is -0.217. The van der Waals surface area contributed by atoms with Crippen LogP contribution >= 0.6 is 15.9 Å². The Labute approximate surface area is 87.6 Å². The van der Waals surface area contributed by atoms with Gasteiger partial charge in [0.2, 0.25) is 0 Å². The smallest absolute Gasteiger partial charge is 0.167 e. The van der Waals surface area contributed by atoms with E-state index in [1.54, 1.807) is 14.2 Å². The van der Waals surface area contributed by atoms with E-state index in [1.165, 1.54) is 0 Å². The standard InChI is InChI=1S/C8H17BrO4/c1-10-3-5-12-8(7-9)13-6-4-11-2/h8H,3-7H2,1-2H3. The topological polar surface area (TPSA) is 36.9 Å². The number of ether oxygens (including phenoxy) is 4. The Balaban J connectivity index is 3.28. The summed E-state index contributed by atoms with van der Waals surface area (Å²) in [6.07, 6.45) is -0.217. The number of halogens is 1. The lowest BCUT2D eigenvalue weighted by molar-refractivity contribution is -0.140. The van der Waals surface area contributed by atoms with Crippen LogP contribution in [0.15, 0.2) is 0 Å². The van der Waals surface area contributed by atoms with Gasteiger partial charge in [-0.3, -0.25) is 0 Å². The summed E-state index contributed by atoms with van der Waals surface area (Å²) in [5, 5.41) is 0.653. The van der Waals surface area contributed by atoms with E-state index < -0.39 is 0 Å². The van der Waals surface area contributed by atoms with Crippen LogP contribution in [-0.4, -0.2) is 52.3 Å². The van der Waals surface area contributed by atoms with Gasteiger partial charge >= 0.3 is 0 Å². The molecule has 0 rings (SSSR count). The van der Waals surface area contributed by atoms with Gasteiger partial charge < -0.3 is 18.9 Å². The quantitative estimate of drug-likeness (QED) is 0.351. The largest absolute Gasteiger partial charge is 0.382 e. The molecule has 0 aliphatic carbocycles. The zero-order valence-electron chi connectivity index (χ0n) is 8.12. The summed E-state index contributed by atoms with van der Waals surface area (Å²) in [5.41, 5.74) is 0. The SMILES string of the molecule is COCCOC(CBr)OCCOC. The fraction of sp³-hybridized carbons (Fsp3) is 1.00. The zero-order valence-corrected chi connectivity index (χ0v) is 9.71. The number of hydrogen-bond acceptors (Lipinski definition) is 4. The Morgan fingerprint density at radius 3 is 1.69 bits per heavy atom. The Bertz CT molecular complexity index is 92.1. The summed E-state index contributed by atoms with van der Waals surface area (Å²) >= 11 is 3.29. The molecule has 13 heavy (non-hydrogen) atoms. The summed E-state index contributed by atoms with van der Waals surface area (Å²) in [6, 6.07) is 0. The second-order valence-corrected chi connectivity index (χ2v) is 2.96. The molecule has 4 nitrogen and oxygen atoms in total. The molecule has 0 amide bonds. The summed E-state index contributed by atoms with van der Waals surface area (Å²) < 4.78 is 20.3. The fourth-order valence-electron chi connectivity index (χ4n) is 0.663. The average molecular weight is 257 g/mol. The number of alkyl halides is 1. The predicted molar refractivity (Wildman–Crippen MR) is 53.2 cm³/mol. The van der Waals surface area contributed by atoms with Crippen molar-refractivity contribution in [1.82, 2.24) is 0 Å². The molecule has 0 unspecified atom stereocenters. The molecule has 80 valence electrons. The van der Waals surface area contributed by atoms with Crippen molar-refractivity contribution in [2.45, 2.75) is 6.29 Å². The van der Waals surface area contributed by atoms with Crippen molar-refractivity contribution in [3.05, 3.63) is 0 Å². The van der Waals surface area contributed by atoms with Crippen LogP contribution in [0.5, 0.6) is 0 Å². The first-order valence-corrected chi connectivity index (χ1v) is 5.24. The van der Waals surface area contributed by atoms with E-state index in [4.69, 9.17) is 18.9 Å². The highest BCUT2D eigenvalue weighted by molar-refractivity contribution is 9.09. The average Bonchev–Trinajstić information content (AvgIpc) is 2.16. The van der Waals surface area contributed by atoms with Crippen LogP contribution in [-0.2, 0) is 18.9 Å². The maximum absolute atomic E-state index is 5.33. The molecule has 0 aromatic rings. The lowest BCUT2D eigenvalue weighted by Crippen LogP contribution is -2.22. The van der Waals surface area contributed by atoms with Gasteiger partial charge in [-0.05, 0) is 0 Å². The van der Waals surface area contributed by atoms with Gasteiger partial charge in [0.15, 0.2) is 6.29 Å². The molecule has 0 bridgehead atoms. The van der Waals surface area contributed by atoms with Gasteiger partial charge in [-0.15, -0.1) is 0 Å². The number of rotatable bonds is 9.